The van der Waals surface area contributed by atoms with Crippen LogP contribution >= 0.6 is 0 Å². The van der Waals surface area contributed by atoms with Crippen molar-refractivity contribution >= 4 is 23.8 Å². The Bertz CT molecular complexity index is 1040. The number of H-pyrrole nitrogens is 1. The van der Waals surface area contributed by atoms with E-state index in [2.05, 4.69) is 25.9 Å². The van der Waals surface area contributed by atoms with Crippen molar-refractivity contribution < 1.29 is 54.2 Å². The molecule has 0 radical (unpaired) electrons. The van der Waals surface area contributed by atoms with Crippen molar-refractivity contribution in [2.24, 2.45) is 0 Å². The maximum absolute atomic E-state index is 13.0. The van der Waals surface area contributed by atoms with Gasteiger partial charge < -0.3 is 50.6 Å². The minimum atomic E-state index is -1.50. The monoisotopic (exact) mass is 556 g/mol. The molecule has 3 aliphatic rings. The molecule has 4 rings (SSSR count). The third-order valence-corrected chi connectivity index (χ3v) is 6.87. The summed E-state index contributed by atoms with van der Waals surface area (Å²) in [6, 6.07) is -1.92. The molecule has 3 fully saturated rings. The van der Waals surface area contributed by atoms with Gasteiger partial charge in [-0.3, -0.25) is 24.6 Å². The fourth-order valence-electron chi connectivity index (χ4n) is 4.71. The van der Waals surface area contributed by atoms with Gasteiger partial charge in [0.05, 0.1) is 25.5 Å². The molecule has 216 valence electrons. The summed E-state index contributed by atoms with van der Waals surface area (Å²) in [7, 11) is 0. The molecular weight excluding hydrogens is 524 g/mol. The number of ether oxygens (including phenoxy) is 2. The van der Waals surface area contributed by atoms with Gasteiger partial charge in [-0.15, -0.1) is 0 Å². The highest BCUT2D eigenvalue weighted by Crippen LogP contribution is 2.26. The molecule has 39 heavy (non-hydrogen) atoms. The molecule has 0 spiro atoms. The molecular formula is C22H32N6O11. The standard InChI is InChI=1S/C22H32N6O11/c29-7-13-18(34)16(32)11(38-13)4-15(31)26-10(3-9-5-23-8-25-9)20(36)24-6-12-17(33)19(35)21(39-12)28-2-1-14(30)27-22(28)37/h5,8,10-13,16-19,21,29,32-35H,1-4,6-7H2,(H,23,25)(H,24,36)(H,26,31)(H,27,30,37)/t10-,11-,12+,13-,16-,17+,18-,19+,21+/m0/s1. The van der Waals surface area contributed by atoms with Crippen LogP contribution < -0.4 is 16.0 Å². The molecule has 1 aromatic heterocycles. The highest BCUT2D eigenvalue weighted by molar-refractivity contribution is 5.96. The van der Waals surface area contributed by atoms with E-state index in [0.717, 1.165) is 4.90 Å². The molecule has 1 aromatic rings. The summed E-state index contributed by atoms with van der Waals surface area (Å²) in [6.45, 7) is -0.857. The molecule has 17 heteroatoms. The van der Waals surface area contributed by atoms with Gasteiger partial charge in [0.25, 0.3) is 0 Å². The van der Waals surface area contributed by atoms with Gasteiger partial charge in [-0.2, -0.15) is 0 Å². The largest absolute Gasteiger partial charge is 0.394 e. The summed E-state index contributed by atoms with van der Waals surface area (Å²) in [5.41, 5.74) is 0.515. The lowest BCUT2D eigenvalue weighted by molar-refractivity contribution is -0.132. The third kappa shape index (κ3) is 6.52. The zero-order valence-corrected chi connectivity index (χ0v) is 20.7. The van der Waals surface area contributed by atoms with Gasteiger partial charge in [0.1, 0.15) is 42.7 Å². The minimum absolute atomic E-state index is 0.00511. The Morgan fingerprint density at radius 2 is 1.79 bits per heavy atom. The van der Waals surface area contributed by atoms with Crippen molar-refractivity contribution in [3.63, 3.8) is 0 Å². The number of aliphatic hydroxyl groups is 5. The van der Waals surface area contributed by atoms with Gasteiger partial charge in [0.2, 0.25) is 17.7 Å². The predicted octanol–water partition coefficient (Wildman–Crippen LogP) is -5.19. The number of imide groups is 1. The van der Waals surface area contributed by atoms with E-state index in [1.807, 2.05) is 0 Å². The van der Waals surface area contributed by atoms with E-state index in [-0.39, 0.29) is 25.9 Å². The average Bonchev–Trinajstić information content (AvgIpc) is 3.58. The average molecular weight is 557 g/mol. The number of carbonyl (C=O) groups is 4. The summed E-state index contributed by atoms with van der Waals surface area (Å²) in [6.07, 6.45) is -7.81. The number of hydrogen-bond donors (Lipinski definition) is 9. The second-order valence-electron chi connectivity index (χ2n) is 9.57. The van der Waals surface area contributed by atoms with Crippen LogP contribution in [0.5, 0.6) is 0 Å². The molecule has 0 unspecified atom stereocenters. The summed E-state index contributed by atoms with van der Waals surface area (Å²) >= 11 is 0. The number of urea groups is 1. The molecule has 9 N–H and O–H groups in total. The van der Waals surface area contributed by atoms with Gasteiger partial charge in [0.15, 0.2) is 6.23 Å². The fraction of sp³-hybridized carbons (Fsp3) is 0.682. The first-order chi connectivity index (χ1) is 18.6. The number of rotatable bonds is 10. The lowest BCUT2D eigenvalue weighted by Gasteiger charge is -2.32. The number of amides is 5. The smallest absolute Gasteiger partial charge is 0.326 e. The Morgan fingerprint density at radius 1 is 1.08 bits per heavy atom. The molecule has 9 atom stereocenters. The summed E-state index contributed by atoms with van der Waals surface area (Å²) in [5, 5.41) is 57.3. The zero-order valence-electron chi connectivity index (χ0n) is 20.7. The number of nitrogens with one attached hydrogen (secondary N) is 4. The number of aliphatic hydroxyl groups excluding tert-OH is 5. The first-order valence-electron chi connectivity index (χ1n) is 12.4. The molecule has 0 saturated carbocycles. The minimum Gasteiger partial charge on any atom is -0.394 e. The molecule has 0 aliphatic carbocycles. The highest BCUT2D eigenvalue weighted by Gasteiger charge is 2.48. The van der Waals surface area contributed by atoms with E-state index < -0.39 is 91.8 Å². The van der Waals surface area contributed by atoms with Crippen molar-refractivity contribution in [3.8, 4) is 0 Å². The molecule has 3 aliphatic heterocycles. The maximum Gasteiger partial charge on any atom is 0.326 e. The first-order valence-corrected chi connectivity index (χ1v) is 12.4. The second-order valence-corrected chi connectivity index (χ2v) is 9.57. The van der Waals surface area contributed by atoms with Crippen LogP contribution in [0, 0.1) is 0 Å². The first kappa shape index (κ1) is 28.8. The fourth-order valence-corrected chi connectivity index (χ4v) is 4.71. The van der Waals surface area contributed by atoms with Crippen LogP contribution in [-0.4, -0.2) is 139 Å². The Hall–Kier alpha value is -3.19. The number of aromatic amines is 1. The van der Waals surface area contributed by atoms with Crippen molar-refractivity contribution in [2.75, 3.05) is 19.7 Å². The number of hydrogen-bond acceptors (Lipinski definition) is 12. The normalized spacial score (nSPS) is 33.6. The predicted molar refractivity (Wildman–Crippen MR) is 125 cm³/mol. The Balaban J connectivity index is 1.35. The lowest BCUT2D eigenvalue weighted by Crippen LogP contribution is -2.56. The number of imidazole rings is 1. The Morgan fingerprint density at radius 3 is 2.44 bits per heavy atom. The van der Waals surface area contributed by atoms with Crippen molar-refractivity contribution in [3.05, 3.63) is 18.2 Å². The lowest BCUT2D eigenvalue weighted by atomic mass is 10.0. The zero-order chi connectivity index (χ0) is 28.3. The van der Waals surface area contributed by atoms with Gasteiger partial charge in [-0.25, -0.2) is 9.78 Å². The van der Waals surface area contributed by atoms with Crippen LogP contribution in [0.1, 0.15) is 18.5 Å². The van der Waals surface area contributed by atoms with Crippen LogP contribution in [0.4, 0.5) is 4.79 Å². The summed E-state index contributed by atoms with van der Waals surface area (Å²) < 4.78 is 10.9. The van der Waals surface area contributed by atoms with Crippen molar-refractivity contribution in [1.82, 2.24) is 30.8 Å². The SMILES string of the molecule is O=C1CCN([C@@H]2O[C@H](CNC(=O)[C@H](Cc3cnc[nH]3)NC(=O)C[C@@H]3O[C@@H](CO)[C@H](O)[C@H]3O)[C@@H](O)[C@H]2O)C(=O)N1. The quantitative estimate of drug-likeness (QED) is 0.131. The maximum atomic E-state index is 13.0. The summed E-state index contributed by atoms with van der Waals surface area (Å²) in [5.74, 6) is -1.83. The van der Waals surface area contributed by atoms with Gasteiger partial charge in [-0.1, -0.05) is 0 Å². The second kappa shape index (κ2) is 12.3. The molecule has 17 nitrogen and oxygen atoms in total. The number of aromatic nitrogens is 2. The van der Waals surface area contributed by atoms with E-state index in [1.165, 1.54) is 12.5 Å². The number of nitrogens with zero attached hydrogens (tertiary/aromatic N) is 2. The Labute approximate surface area is 221 Å². The highest BCUT2D eigenvalue weighted by atomic mass is 16.6. The van der Waals surface area contributed by atoms with Crippen LogP contribution in [0.3, 0.4) is 0 Å². The van der Waals surface area contributed by atoms with E-state index >= 15 is 0 Å². The number of carbonyl (C=O) groups excluding carboxylic acids is 4. The van der Waals surface area contributed by atoms with Crippen LogP contribution in [-0.2, 0) is 30.3 Å². The van der Waals surface area contributed by atoms with Gasteiger partial charge in [0, 0.05) is 37.8 Å². The molecule has 0 bridgehead atoms. The Kier molecular flexibility index (Phi) is 9.11. The van der Waals surface area contributed by atoms with Crippen LogP contribution in [0.25, 0.3) is 0 Å². The topological polar surface area (TPSA) is 256 Å². The van der Waals surface area contributed by atoms with E-state index in [0.29, 0.717) is 5.69 Å². The van der Waals surface area contributed by atoms with Crippen LogP contribution in [0.2, 0.25) is 0 Å². The van der Waals surface area contributed by atoms with Gasteiger partial charge >= 0.3 is 6.03 Å². The molecule has 5 amide bonds. The molecule has 4 heterocycles. The van der Waals surface area contributed by atoms with Crippen molar-refractivity contribution in [2.45, 2.75) is 74.3 Å². The molecule has 3 saturated heterocycles. The molecule has 0 aromatic carbocycles. The van der Waals surface area contributed by atoms with E-state index in [4.69, 9.17) is 9.47 Å². The van der Waals surface area contributed by atoms with E-state index in [1.54, 1.807) is 0 Å². The third-order valence-electron chi connectivity index (χ3n) is 6.87. The van der Waals surface area contributed by atoms with Crippen LogP contribution in [0.15, 0.2) is 12.5 Å². The van der Waals surface area contributed by atoms with E-state index in [9.17, 15) is 44.7 Å². The van der Waals surface area contributed by atoms with Gasteiger partial charge in [-0.05, 0) is 0 Å². The summed E-state index contributed by atoms with van der Waals surface area (Å²) in [4.78, 5) is 57.0. The van der Waals surface area contributed by atoms with Crippen molar-refractivity contribution in [1.29, 1.82) is 0 Å².